The molecule has 2 aromatic rings. The maximum Gasteiger partial charge on any atom is 0.230 e. The summed E-state index contributed by atoms with van der Waals surface area (Å²) < 4.78 is 5.52. The molecule has 0 N–H and O–H groups in total. The number of carbonyl (C=O) groups is 4. The normalized spacial score (nSPS) is 15.9. The number of thioether (sulfide) groups is 1. The molecule has 0 radical (unpaired) electrons. The number of ketones is 4. The van der Waals surface area contributed by atoms with Gasteiger partial charge >= 0.3 is 0 Å². The summed E-state index contributed by atoms with van der Waals surface area (Å²) in [7, 11) is 0. The molecule has 156 valence electrons. The number of benzene rings is 2. The van der Waals surface area contributed by atoms with E-state index in [9.17, 15) is 19.2 Å². The molecule has 8 heteroatoms. The summed E-state index contributed by atoms with van der Waals surface area (Å²) >= 11 is 13.4. The van der Waals surface area contributed by atoms with Crippen molar-refractivity contribution in [1.82, 2.24) is 0 Å². The maximum absolute atomic E-state index is 12.7. The molecule has 0 amide bonds. The molecule has 0 fully saturated rings. The molecule has 4 rings (SSSR count). The number of halogens is 2. The number of ether oxygens (including phenoxy) is 1. The summed E-state index contributed by atoms with van der Waals surface area (Å²) in [5.41, 5.74) is 1.14. The van der Waals surface area contributed by atoms with Gasteiger partial charge < -0.3 is 4.74 Å². The van der Waals surface area contributed by atoms with Crippen LogP contribution in [0.2, 0.25) is 0 Å². The SMILES string of the molecule is O=C1C(Cl)=C(OCCCSC2=C(Cl)C(=O)c3ccccc3C2=O)C(=O)c2ccccc21. The van der Waals surface area contributed by atoms with Crippen molar-refractivity contribution in [3.8, 4) is 0 Å². The van der Waals surface area contributed by atoms with E-state index in [0.29, 0.717) is 23.3 Å². The fourth-order valence-corrected chi connectivity index (χ4v) is 4.83. The molecule has 0 aliphatic heterocycles. The fourth-order valence-electron chi connectivity index (χ4n) is 3.31. The molecule has 2 aliphatic carbocycles. The lowest BCUT2D eigenvalue weighted by molar-refractivity contribution is 0.0879. The predicted molar refractivity (Wildman–Crippen MR) is 119 cm³/mol. The number of carbonyl (C=O) groups excluding carboxylic acids is 4. The summed E-state index contributed by atoms with van der Waals surface area (Å²) in [5, 5.41) is -0.336. The van der Waals surface area contributed by atoms with E-state index in [1.165, 1.54) is 0 Å². The number of allylic oxidation sites excluding steroid dienone is 4. The lowest BCUT2D eigenvalue weighted by Gasteiger charge is -2.18. The van der Waals surface area contributed by atoms with Crippen molar-refractivity contribution in [1.29, 1.82) is 0 Å². The monoisotopic (exact) mass is 472 g/mol. The molecule has 0 saturated carbocycles. The van der Waals surface area contributed by atoms with Gasteiger partial charge in [0.2, 0.25) is 23.1 Å². The highest BCUT2D eigenvalue weighted by atomic mass is 35.5. The highest BCUT2D eigenvalue weighted by Crippen LogP contribution is 2.35. The highest BCUT2D eigenvalue weighted by molar-refractivity contribution is 8.04. The Hall–Kier alpha value is -2.67. The largest absolute Gasteiger partial charge is 0.488 e. The van der Waals surface area contributed by atoms with E-state index < -0.39 is 11.6 Å². The number of rotatable bonds is 6. The molecule has 0 atom stereocenters. The molecule has 0 unspecified atom stereocenters. The fraction of sp³-hybridized carbons (Fsp3) is 0.130. The Labute approximate surface area is 192 Å². The zero-order valence-corrected chi connectivity index (χ0v) is 18.3. The van der Waals surface area contributed by atoms with Gasteiger partial charge in [0.25, 0.3) is 0 Å². The van der Waals surface area contributed by atoms with Crippen LogP contribution in [0.4, 0.5) is 0 Å². The summed E-state index contributed by atoms with van der Waals surface area (Å²) in [4.78, 5) is 50.2. The predicted octanol–water partition coefficient (Wildman–Crippen LogP) is 5.19. The van der Waals surface area contributed by atoms with Gasteiger partial charge in [0.15, 0.2) is 5.76 Å². The summed E-state index contributed by atoms with van der Waals surface area (Å²) in [6, 6.07) is 13.0. The molecule has 0 aromatic heterocycles. The van der Waals surface area contributed by atoms with Gasteiger partial charge in [-0.25, -0.2) is 0 Å². The third kappa shape index (κ3) is 3.87. The van der Waals surface area contributed by atoms with Gasteiger partial charge in [-0.1, -0.05) is 71.7 Å². The molecular weight excluding hydrogens is 459 g/mol. The lowest BCUT2D eigenvalue weighted by Crippen LogP contribution is -2.22. The van der Waals surface area contributed by atoms with E-state index >= 15 is 0 Å². The van der Waals surface area contributed by atoms with E-state index in [4.69, 9.17) is 27.9 Å². The van der Waals surface area contributed by atoms with E-state index in [-0.39, 0.29) is 50.0 Å². The molecular formula is C23H14Cl2O5S. The Morgan fingerprint density at radius 1 is 0.677 bits per heavy atom. The van der Waals surface area contributed by atoms with Crippen molar-refractivity contribution in [3.05, 3.63) is 91.5 Å². The molecule has 5 nitrogen and oxygen atoms in total. The van der Waals surface area contributed by atoms with Crippen LogP contribution in [0.15, 0.2) is 69.3 Å². The highest BCUT2D eigenvalue weighted by Gasteiger charge is 2.33. The minimum atomic E-state index is -0.455. The molecule has 0 saturated heterocycles. The second-order valence-corrected chi connectivity index (χ2v) is 8.61. The number of fused-ring (bicyclic) bond motifs is 2. The van der Waals surface area contributed by atoms with Gasteiger partial charge in [-0.05, 0) is 6.42 Å². The second-order valence-electron chi connectivity index (χ2n) is 6.74. The first-order chi connectivity index (χ1) is 14.9. The Bertz CT molecular complexity index is 1120. The van der Waals surface area contributed by atoms with Crippen molar-refractivity contribution < 1.29 is 23.9 Å². The van der Waals surface area contributed by atoms with Crippen LogP contribution in [-0.2, 0) is 4.74 Å². The van der Waals surface area contributed by atoms with E-state index in [2.05, 4.69) is 0 Å². The molecule has 2 aliphatic rings. The van der Waals surface area contributed by atoms with Crippen LogP contribution in [0.1, 0.15) is 47.9 Å². The van der Waals surface area contributed by atoms with Crippen LogP contribution in [-0.4, -0.2) is 35.5 Å². The van der Waals surface area contributed by atoms with Crippen molar-refractivity contribution in [3.63, 3.8) is 0 Å². The molecule has 31 heavy (non-hydrogen) atoms. The topological polar surface area (TPSA) is 77.5 Å². The van der Waals surface area contributed by atoms with Crippen molar-refractivity contribution in [2.24, 2.45) is 0 Å². The minimum absolute atomic E-state index is 0.0926. The lowest BCUT2D eigenvalue weighted by atomic mass is 9.93. The first-order valence-electron chi connectivity index (χ1n) is 9.33. The Morgan fingerprint density at radius 3 is 1.74 bits per heavy atom. The zero-order valence-electron chi connectivity index (χ0n) is 15.9. The van der Waals surface area contributed by atoms with Crippen LogP contribution < -0.4 is 0 Å². The Balaban J connectivity index is 1.38. The maximum atomic E-state index is 12.7. The molecule has 0 heterocycles. The second kappa shape index (κ2) is 8.83. The van der Waals surface area contributed by atoms with E-state index in [1.54, 1.807) is 48.5 Å². The smallest absolute Gasteiger partial charge is 0.230 e. The first kappa shape index (κ1) is 21.6. The van der Waals surface area contributed by atoms with Gasteiger partial charge in [0.1, 0.15) is 10.1 Å². The minimum Gasteiger partial charge on any atom is -0.488 e. The van der Waals surface area contributed by atoms with Gasteiger partial charge in [0, 0.05) is 28.0 Å². The number of Topliss-reactive ketones (excluding diaryl/α,β-unsaturated/α-hetero) is 4. The quantitative estimate of drug-likeness (QED) is 0.538. The standard InChI is InChI=1S/C23H14Cl2O5S/c24-16-18(26)12-6-1-3-8-14(12)20(28)22(16)30-10-5-11-31-23-17(25)19(27)13-7-2-4-9-15(13)21(23)29/h1-4,6-9H,5,10-11H2. The van der Waals surface area contributed by atoms with Crippen LogP contribution >= 0.6 is 35.0 Å². The van der Waals surface area contributed by atoms with Gasteiger partial charge in [-0.3, -0.25) is 19.2 Å². The van der Waals surface area contributed by atoms with E-state index in [0.717, 1.165) is 11.8 Å². The average Bonchev–Trinajstić information content (AvgIpc) is 2.79. The zero-order chi connectivity index (χ0) is 22.1. The van der Waals surface area contributed by atoms with Crippen molar-refractivity contribution >= 4 is 58.1 Å². The van der Waals surface area contributed by atoms with Crippen LogP contribution in [0.5, 0.6) is 0 Å². The van der Waals surface area contributed by atoms with Gasteiger partial charge in [0.05, 0.1) is 11.5 Å². The summed E-state index contributed by atoms with van der Waals surface area (Å²) in [6.45, 7) is 0.101. The average molecular weight is 473 g/mol. The van der Waals surface area contributed by atoms with Crippen molar-refractivity contribution in [2.75, 3.05) is 12.4 Å². The Morgan fingerprint density at radius 2 is 1.16 bits per heavy atom. The van der Waals surface area contributed by atoms with Gasteiger partial charge in [-0.2, -0.15) is 0 Å². The molecule has 2 aromatic carbocycles. The molecule has 0 bridgehead atoms. The Kier molecular flexibility index (Phi) is 6.14. The van der Waals surface area contributed by atoms with E-state index in [1.807, 2.05) is 0 Å². The third-order valence-electron chi connectivity index (χ3n) is 4.82. The first-order valence-corrected chi connectivity index (χ1v) is 11.1. The summed E-state index contributed by atoms with van der Waals surface area (Å²) in [5.74, 6) is -1.33. The van der Waals surface area contributed by atoms with Crippen LogP contribution in [0.25, 0.3) is 0 Å². The third-order valence-corrected chi connectivity index (χ3v) is 6.81. The number of hydrogen-bond acceptors (Lipinski definition) is 6. The molecule has 0 spiro atoms. The summed E-state index contributed by atoms with van der Waals surface area (Å²) in [6.07, 6.45) is 0.429. The van der Waals surface area contributed by atoms with Crippen LogP contribution in [0, 0.1) is 0 Å². The van der Waals surface area contributed by atoms with Crippen molar-refractivity contribution in [2.45, 2.75) is 6.42 Å². The number of hydrogen-bond donors (Lipinski definition) is 0. The van der Waals surface area contributed by atoms with Crippen LogP contribution in [0.3, 0.4) is 0 Å². The van der Waals surface area contributed by atoms with Gasteiger partial charge in [-0.15, -0.1) is 11.8 Å².